The smallest absolute Gasteiger partial charge is 0.306 e. The minimum atomic E-state index is -3.13. The van der Waals surface area contributed by atoms with Crippen molar-refractivity contribution in [2.75, 3.05) is 13.7 Å². The molecule has 1 aromatic carbocycles. The number of benzene rings is 1. The number of halogens is 2. The first-order valence-corrected chi connectivity index (χ1v) is 15.4. The summed E-state index contributed by atoms with van der Waals surface area (Å²) in [5.41, 5.74) is 0.897. The summed E-state index contributed by atoms with van der Waals surface area (Å²) in [4.78, 5) is 25.1. The maximum absolute atomic E-state index is 14.4. The molecular formula is C32H48F2O7. The number of aliphatic hydroxyl groups excluding tert-OH is 1. The number of unbranched alkanes of at least 4 members (excludes halogenated alkanes) is 4. The quantitative estimate of drug-likeness (QED) is 0.142. The van der Waals surface area contributed by atoms with Crippen molar-refractivity contribution in [1.29, 1.82) is 0 Å². The van der Waals surface area contributed by atoms with Gasteiger partial charge in [0.05, 0.1) is 13.2 Å². The van der Waals surface area contributed by atoms with E-state index in [9.17, 15) is 23.5 Å². The van der Waals surface area contributed by atoms with Gasteiger partial charge in [-0.3, -0.25) is 9.59 Å². The number of hydrogen-bond acceptors (Lipinski definition) is 7. The van der Waals surface area contributed by atoms with Crippen LogP contribution in [0.5, 0.6) is 5.75 Å². The molecular weight excluding hydrogens is 534 g/mol. The highest BCUT2D eigenvalue weighted by Gasteiger charge is 2.45. The SMILES string of the molecule is CCCCC(F)(F)C(O)CC[C@H]1[C@H](OC2CCCO2)CC(=O)[C@@H]1CCCCCCC(=O)OCc1ccc(OC)cc1. The molecule has 2 aliphatic rings. The van der Waals surface area contributed by atoms with Crippen LogP contribution in [0.1, 0.15) is 102 Å². The molecule has 0 spiro atoms. The van der Waals surface area contributed by atoms with Gasteiger partial charge in [-0.1, -0.05) is 44.7 Å². The minimum absolute atomic E-state index is 0.0603. The van der Waals surface area contributed by atoms with Crippen molar-refractivity contribution in [1.82, 2.24) is 0 Å². The molecule has 9 heteroatoms. The first-order chi connectivity index (χ1) is 19.7. The van der Waals surface area contributed by atoms with Gasteiger partial charge in [0.25, 0.3) is 5.92 Å². The summed E-state index contributed by atoms with van der Waals surface area (Å²) in [5, 5.41) is 10.3. The van der Waals surface area contributed by atoms with E-state index in [0.717, 1.165) is 43.4 Å². The van der Waals surface area contributed by atoms with E-state index < -0.39 is 12.0 Å². The first kappa shape index (κ1) is 33.4. The van der Waals surface area contributed by atoms with Crippen LogP contribution >= 0.6 is 0 Å². The Hall–Kier alpha value is -2.10. The highest BCUT2D eigenvalue weighted by molar-refractivity contribution is 5.84. The van der Waals surface area contributed by atoms with E-state index in [1.54, 1.807) is 7.11 Å². The normalized spacial score (nSPS) is 23.6. The number of rotatable bonds is 19. The van der Waals surface area contributed by atoms with E-state index in [1.165, 1.54) is 0 Å². The third kappa shape index (κ3) is 10.9. The molecule has 41 heavy (non-hydrogen) atoms. The zero-order valence-electron chi connectivity index (χ0n) is 24.7. The van der Waals surface area contributed by atoms with Crippen molar-refractivity contribution < 1.29 is 42.4 Å². The minimum Gasteiger partial charge on any atom is -0.497 e. The van der Waals surface area contributed by atoms with E-state index in [2.05, 4.69) is 0 Å². The van der Waals surface area contributed by atoms with Crippen molar-refractivity contribution in [3.05, 3.63) is 29.8 Å². The van der Waals surface area contributed by atoms with E-state index in [1.807, 2.05) is 31.2 Å². The standard InChI is InChI=1S/C32H48F2O7/c1-3-4-19-32(33,34)29(36)18-17-26-25(27(35)21-28(26)41-31-12-9-20-39-31)10-7-5-6-8-11-30(37)40-22-23-13-15-24(38-2)16-14-23/h13-16,25-26,28-29,31,36H,3-12,17-22H2,1-2H3/t25-,26-,28-,29?,31?/m1/s1. The van der Waals surface area contributed by atoms with Gasteiger partial charge in [0.15, 0.2) is 6.29 Å². The Bertz CT molecular complexity index is 917. The Labute approximate surface area is 243 Å². The van der Waals surface area contributed by atoms with E-state index >= 15 is 0 Å². The number of methoxy groups -OCH3 is 1. The molecule has 1 aromatic rings. The summed E-state index contributed by atoms with van der Waals surface area (Å²) in [6, 6.07) is 7.37. The third-order valence-electron chi connectivity index (χ3n) is 8.35. The number of ketones is 1. The fourth-order valence-electron chi connectivity index (χ4n) is 5.85. The van der Waals surface area contributed by atoms with Gasteiger partial charge in [-0.25, -0.2) is 8.78 Å². The fraction of sp³-hybridized carbons (Fsp3) is 0.750. The van der Waals surface area contributed by atoms with Crippen LogP contribution in [0.4, 0.5) is 8.78 Å². The average molecular weight is 583 g/mol. The van der Waals surface area contributed by atoms with Crippen LogP contribution in [-0.4, -0.2) is 55.0 Å². The van der Waals surface area contributed by atoms with E-state index in [-0.39, 0.29) is 61.9 Å². The number of ether oxygens (including phenoxy) is 4. The summed E-state index contributed by atoms with van der Waals surface area (Å²) in [6.45, 7) is 2.69. The molecule has 1 saturated carbocycles. The second-order valence-electron chi connectivity index (χ2n) is 11.5. The first-order valence-electron chi connectivity index (χ1n) is 15.4. The summed E-state index contributed by atoms with van der Waals surface area (Å²) in [7, 11) is 1.60. The summed E-state index contributed by atoms with van der Waals surface area (Å²) in [6.07, 6.45) is 4.60. The zero-order chi connectivity index (χ0) is 29.7. The van der Waals surface area contributed by atoms with Crippen LogP contribution in [0.2, 0.25) is 0 Å². The number of hydrogen-bond donors (Lipinski definition) is 1. The second-order valence-corrected chi connectivity index (χ2v) is 11.5. The van der Waals surface area contributed by atoms with Crippen LogP contribution in [-0.2, 0) is 30.4 Å². The van der Waals surface area contributed by atoms with Gasteiger partial charge >= 0.3 is 5.97 Å². The van der Waals surface area contributed by atoms with E-state index in [4.69, 9.17) is 18.9 Å². The van der Waals surface area contributed by atoms with Crippen LogP contribution in [0.15, 0.2) is 24.3 Å². The van der Waals surface area contributed by atoms with Gasteiger partial charge in [-0.2, -0.15) is 0 Å². The van der Waals surface area contributed by atoms with Gasteiger partial charge in [0, 0.05) is 38.2 Å². The largest absolute Gasteiger partial charge is 0.497 e. The lowest BCUT2D eigenvalue weighted by molar-refractivity contribution is -0.158. The Morgan fingerprint density at radius 1 is 1.12 bits per heavy atom. The van der Waals surface area contributed by atoms with Crippen LogP contribution in [0.25, 0.3) is 0 Å². The average Bonchev–Trinajstić information content (AvgIpc) is 3.58. The van der Waals surface area contributed by atoms with Crippen molar-refractivity contribution >= 4 is 11.8 Å². The molecule has 2 fully saturated rings. The Morgan fingerprint density at radius 3 is 2.56 bits per heavy atom. The van der Waals surface area contributed by atoms with Crippen molar-refractivity contribution in [2.24, 2.45) is 11.8 Å². The fourth-order valence-corrected chi connectivity index (χ4v) is 5.85. The molecule has 1 aliphatic heterocycles. The van der Waals surface area contributed by atoms with Crippen molar-refractivity contribution in [3.63, 3.8) is 0 Å². The highest BCUT2D eigenvalue weighted by atomic mass is 19.3. The lowest BCUT2D eigenvalue weighted by Gasteiger charge is -2.29. The number of carbonyl (C=O) groups is 2. The highest BCUT2D eigenvalue weighted by Crippen LogP contribution is 2.41. The molecule has 1 saturated heterocycles. The molecule has 0 bridgehead atoms. The van der Waals surface area contributed by atoms with E-state index in [0.29, 0.717) is 45.1 Å². The molecule has 1 aliphatic carbocycles. The summed E-state index contributed by atoms with van der Waals surface area (Å²) in [5.74, 6) is -3.00. The molecule has 7 nitrogen and oxygen atoms in total. The van der Waals surface area contributed by atoms with Gasteiger partial charge in [0.1, 0.15) is 24.2 Å². The topological polar surface area (TPSA) is 91.3 Å². The zero-order valence-corrected chi connectivity index (χ0v) is 24.7. The Balaban J connectivity index is 1.41. The van der Waals surface area contributed by atoms with Crippen LogP contribution < -0.4 is 4.74 Å². The molecule has 1 heterocycles. The summed E-state index contributed by atoms with van der Waals surface area (Å²) >= 11 is 0. The number of carbonyl (C=O) groups excluding carboxylic acids is 2. The summed E-state index contributed by atoms with van der Waals surface area (Å²) < 4.78 is 51.0. The molecule has 2 unspecified atom stereocenters. The molecule has 1 N–H and O–H groups in total. The molecule has 0 aromatic heterocycles. The molecule has 3 rings (SSSR count). The second kappa shape index (κ2) is 17.1. The van der Waals surface area contributed by atoms with Crippen molar-refractivity contribution in [3.8, 4) is 5.75 Å². The number of aliphatic hydroxyl groups is 1. The van der Waals surface area contributed by atoms with Crippen LogP contribution in [0.3, 0.4) is 0 Å². The number of Topliss-reactive ketones (excluding diaryl/α,β-unsaturated/α-hetero) is 1. The molecule has 232 valence electrons. The number of alkyl halides is 2. The van der Waals surface area contributed by atoms with Gasteiger partial charge in [-0.05, 0) is 62.1 Å². The van der Waals surface area contributed by atoms with Gasteiger partial charge in [0.2, 0.25) is 0 Å². The maximum Gasteiger partial charge on any atom is 0.306 e. The third-order valence-corrected chi connectivity index (χ3v) is 8.35. The van der Waals surface area contributed by atoms with Crippen molar-refractivity contribution in [2.45, 2.75) is 128 Å². The lowest BCUT2D eigenvalue weighted by atomic mass is 9.84. The predicted molar refractivity (Wildman–Crippen MR) is 151 cm³/mol. The molecule has 0 radical (unpaired) electrons. The Morgan fingerprint density at radius 2 is 1.88 bits per heavy atom. The Kier molecular flexibility index (Phi) is 13.9. The predicted octanol–water partition coefficient (Wildman–Crippen LogP) is 6.77. The van der Waals surface area contributed by atoms with Crippen LogP contribution in [0, 0.1) is 11.8 Å². The lowest BCUT2D eigenvalue weighted by Crippen LogP contribution is -2.35. The maximum atomic E-state index is 14.4. The van der Waals surface area contributed by atoms with Gasteiger partial charge < -0.3 is 24.1 Å². The van der Waals surface area contributed by atoms with Gasteiger partial charge in [-0.15, -0.1) is 0 Å². The number of esters is 1. The molecule has 5 atom stereocenters. The monoisotopic (exact) mass is 582 g/mol. The molecule has 0 amide bonds.